The Hall–Kier alpha value is -2.03. The summed E-state index contributed by atoms with van der Waals surface area (Å²) in [6, 6.07) is 14.7. The first-order chi connectivity index (χ1) is 9.04. The van der Waals surface area contributed by atoms with Crippen molar-refractivity contribution < 1.29 is 13.2 Å². The molecular weight excluding hydrogens is 249 g/mol. The van der Waals surface area contributed by atoms with Gasteiger partial charge < -0.3 is 0 Å². The van der Waals surface area contributed by atoms with E-state index in [1.165, 1.54) is 12.1 Å². The van der Waals surface area contributed by atoms with Crippen molar-refractivity contribution in [2.45, 2.75) is 13.1 Å². The van der Waals surface area contributed by atoms with E-state index in [-0.39, 0.29) is 5.56 Å². The lowest BCUT2D eigenvalue weighted by atomic mass is 9.93. The SMILES string of the molecule is CC=C(c1ccccc1)c1ccccc1C(F)(F)F. The maximum atomic E-state index is 13.0. The van der Waals surface area contributed by atoms with Crippen molar-refractivity contribution >= 4 is 5.57 Å². The Balaban J connectivity index is 2.58. The number of benzene rings is 2. The van der Waals surface area contributed by atoms with Gasteiger partial charge in [0.25, 0.3) is 0 Å². The molecule has 0 atom stereocenters. The van der Waals surface area contributed by atoms with E-state index < -0.39 is 11.7 Å². The van der Waals surface area contributed by atoms with Crippen molar-refractivity contribution in [1.29, 1.82) is 0 Å². The van der Waals surface area contributed by atoms with Crippen LogP contribution in [0.3, 0.4) is 0 Å². The fraction of sp³-hybridized carbons (Fsp3) is 0.125. The topological polar surface area (TPSA) is 0 Å². The van der Waals surface area contributed by atoms with Gasteiger partial charge in [-0.25, -0.2) is 0 Å². The van der Waals surface area contributed by atoms with Crippen LogP contribution >= 0.6 is 0 Å². The van der Waals surface area contributed by atoms with Gasteiger partial charge in [-0.1, -0.05) is 54.6 Å². The normalized spacial score (nSPS) is 12.5. The van der Waals surface area contributed by atoms with Crippen LogP contribution in [-0.4, -0.2) is 0 Å². The Morgan fingerprint density at radius 1 is 0.895 bits per heavy atom. The van der Waals surface area contributed by atoms with Crippen LogP contribution in [0.25, 0.3) is 5.57 Å². The molecule has 98 valence electrons. The van der Waals surface area contributed by atoms with Crippen molar-refractivity contribution in [3.05, 3.63) is 77.4 Å². The van der Waals surface area contributed by atoms with Crippen LogP contribution in [0, 0.1) is 0 Å². The van der Waals surface area contributed by atoms with Gasteiger partial charge in [0.1, 0.15) is 0 Å². The second kappa shape index (κ2) is 5.31. The summed E-state index contributed by atoms with van der Waals surface area (Å²) in [4.78, 5) is 0. The van der Waals surface area contributed by atoms with Crippen LogP contribution in [0.1, 0.15) is 23.6 Å². The van der Waals surface area contributed by atoms with Crippen LogP contribution in [-0.2, 0) is 6.18 Å². The maximum Gasteiger partial charge on any atom is 0.417 e. The molecule has 2 rings (SSSR count). The number of alkyl halides is 3. The van der Waals surface area contributed by atoms with E-state index in [4.69, 9.17) is 0 Å². The zero-order valence-corrected chi connectivity index (χ0v) is 10.4. The Kier molecular flexibility index (Phi) is 3.74. The average Bonchev–Trinajstić information content (AvgIpc) is 2.40. The van der Waals surface area contributed by atoms with Crippen LogP contribution < -0.4 is 0 Å². The number of hydrogen-bond donors (Lipinski definition) is 0. The van der Waals surface area contributed by atoms with E-state index >= 15 is 0 Å². The van der Waals surface area contributed by atoms with Crippen LogP contribution in [0.15, 0.2) is 60.7 Å². The van der Waals surface area contributed by atoms with E-state index in [1.54, 1.807) is 19.1 Å². The largest absolute Gasteiger partial charge is 0.417 e. The third-order valence-corrected chi connectivity index (χ3v) is 2.90. The highest BCUT2D eigenvalue weighted by Crippen LogP contribution is 2.36. The minimum Gasteiger partial charge on any atom is -0.166 e. The molecule has 0 aliphatic rings. The van der Waals surface area contributed by atoms with Gasteiger partial charge in [-0.05, 0) is 29.7 Å². The van der Waals surface area contributed by atoms with E-state index in [2.05, 4.69) is 0 Å². The van der Waals surface area contributed by atoms with Gasteiger partial charge in [0.2, 0.25) is 0 Å². The lowest BCUT2D eigenvalue weighted by Crippen LogP contribution is -2.08. The molecule has 0 nitrogen and oxygen atoms in total. The van der Waals surface area contributed by atoms with E-state index in [9.17, 15) is 13.2 Å². The van der Waals surface area contributed by atoms with E-state index in [0.717, 1.165) is 11.6 Å². The van der Waals surface area contributed by atoms with Gasteiger partial charge in [0.05, 0.1) is 5.56 Å². The summed E-state index contributed by atoms with van der Waals surface area (Å²) in [5.74, 6) is 0. The summed E-state index contributed by atoms with van der Waals surface area (Å²) in [7, 11) is 0. The average molecular weight is 262 g/mol. The molecule has 0 aliphatic heterocycles. The Morgan fingerprint density at radius 2 is 1.47 bits per heavy atom. The van der Waals surface area contributed by atoms with Gasteiger partial charge in [-0.3, -0.25) is 0 Å². The summed E-state index contributed by atoms with van der Waals surface area (Å²) < 4.78 is 39.1. The molecule has 0 bridgehead atoms. The van der Waals surface area contributed by atoms with Gasteiger partial charge in [-0.2, -0.15) is 13.2 Å². The molecule has 3 heteroatoms. The molecular formula is C16H13F3. The first kappa shape index (κ1) is 13.4. The van der Waals surface area contributed by atoms with Crippen molar-refractivity contribution in [3.63, 3.8) is 0 Å². The molecule has 0 spiro atoms. The fourth-order valence-corrected chi connectivity index (χ4v) is 2.06. The first-order valence-electron chi connectivity index (χ1n) is 5.92. The zero-order valence-electron chi connectivity index (χ0n) is 10.4. The number of halogens is 3. The Labute approximate surface area is 110 Å². The molecule has 0 saturated carbocycles. The van der Waals surface area contributed by atoms with Crippen molar-refractivity contribution in [2.75, 3.05) is 0 Å². The minimum absolute atomic E-state index is 0.212. The monoisotopic (exact) mass is 262 g/mol. The highest BCUT2D eigenvalue weighted by molar-refractivity contribution is 5.81. The second-order valence-corrected chi connectivity index (χ2v) is 4.11. The molecule has 0 aromatic heterocycles. The standard InChI is InChI=1S/C16H13F3/c1-2-13(12-8-4-3-5-9-12)14-10-6-7-11-15(14)16(17,18)19/h2-11H,1H3. The number of allylic oxidation sites excluding steroid dienone is 1. The highest BCUT2D eigenvalue weighted by Gasteiger charge is 2.33. The molecule has 0 unspecified atom stereocenters. The first-order valence-corrected chi connectivity index (χ1v) is 5.92. The third kappa shape index (κ3) is 2.87. The second-order valence-electron chi connectivity index (χ2n) is 4.11. The van der Waals surface area contributed by atoms with Gasteiger partial charge in [-0.15, -0.1) is 0 Å². The third-order valence-electron chi connectivity index (χ3n) is 2.90. The molecule has 19 heavy (non-hydrogen) atoms. The summed E-state index contributed by atoms with van der Waals surface area (Å²) in [5.41, 5.74) is 0.978. The lowest BCUT2D eigenvalue weighted by Gasteiger charge is -2.15. The smallest absolute Gasteiger partial charge is 0.166 e. The van der Waals surface area contributed by atoms with Crippen LogP contribution in [0.5, 0.6) is 0 Å². The van der Waals surface area contributed by atoms with E-state index in [1.807, 2.05) is 30.3 Å². The lowest BCUT2D eigenvalue weighted by molar-refractivity contribution is -0.137. The zero-order chi connectivity index (χ0) is 13.9. The van der Waals surface area contributed by atoms with Crippen molar-refractivity contribution in [1.82, 2.24) is 0 Å². The van der Waals surface area contributed by atoms with Gasteiger partial charge in [0, 0.05) is 0 Å². The van der Waals surface area contributed by atoms with Crippen LogP contribution in [0.2, 0.25) is 0 Å². The Morgan fingerprint density at radius 3 is 2.05 bits per heavy atom. The quantitative estimate of drug-likeness (QED) is 0.701. The molecule has 0 amide bonds. The summed E-state index contributed by atoms with van der Waals surface area (Å²) in [6.45, 7) is 1.75. The molecule has 2 aromatic rings. The van der Waals surface area contributed by atoms with Crippen molar-refractivity contribution in [2.24, 2.45) is 0 Å². The summed E-state index contributed by atoms with van der Waals surface area (Å²) in [5, 5.41) is 0. The predicted octanol–water partition coefficient (Wildman–Crippen LogP) is 5.16. The van der Waals surface area contributed by atoms with Crippen molar-refractivity contribution in [3.8, 4) is 0 Å². The molecule has 0 N–H and O–H groups in total. The Bertz CT molecular complexity index is 580. The molecule has 0 aliphatic carbocycles. The molecule has 2 aromatic carbocycles. The molecule has 0 heterocycles. The molecule has 0 saturated heterocycles. The van der Waals surface area contributed by atoms with Crippen LogP contribution in [0.4, 0.5) is 13.2 Å². The van der Waals surface area contributed by atoms with Gasteiger partial charge in [0.15, 0.2) is 0 Å². The van der Waals surface area contributed by atoms with Gasteiger partial charge >= 0.3 is 6.18 Å². The maximum absolute atomic E-state index is 13.0. The molecule has 0 fully saturated rings. The summed E-state index contributed by atoms with van der Waals surface area (Å²) >= 11 is 0. The van der Waals surface area contributed by atoms with E-state index in [0.29, 0.717) is 5.57 Å². The fourth-order valence-electron chi connectivity index (χ4n) is 2.06. The minimum atomic E-state index is -4.35. The summed E-state index contributed by atoms with van der Waals surface area (Å²) in [6.07, 6.45) is -2.64. The highest BCUT2D eigenvalue weighted by atomic mass is 19.4. The molecule has 0 radical (unpaired) electrons. The number of hydrogen-bond acceptors (Lipinski definition) is 0. The predicted molar refractivity (Wildman–Crippen MR) is 70.6 cm³/mol. The number of rotatable bonds is 2.